The lowest BCUT2D eigenvalue weighted by atomic mass is 10.2. The maximum Gasteiger partial charge on any atom is 0.243 e. The Balaban J connectivity index is 1.86. The van der Waals surface area contributed by atoms with E-state index in [-0.39, 0.29) is 17.9 Å². The lowest BCUT2D eigenvalue weighted by Gasteiger charge is -2.21. The van der Waals surface area contributed by atoms with Crippen LogP contribution in [0.15, 0.2) is 59.5 Å². The summed E-state index contributed by atoms with van der Waals surface area (Å²) >= 11 is 0. The molecule has 1 amide bonds. The third-order valence-corrected chi connectivity index (χ3v) is 6.07. The largest absolute Gasteiger partial charge is 0.489 e. The van der Waals surface area contributed by atoms with Gasteiger partial charge in [-0.1, -0.05) is 18.2 Å². The summed E-state index contributed by atoms with van der Waals surface area (Å²) in [6.45, 7) is 0.0187. The number of amides is 1. The Morgan fingerprint density at radius 1 is 1.15 bits per heavy atom. The monoisotopic (exact) mass is 371 g/mol. The standard InChI is InChI=1S/C18H17N3O4S/c19-11-13-6-8-16(9-7-13)26(23,24)21-12-15(10-17(21)18(20)22)25-14-4-2-1-3-5-14/h1-9,15,17H,10,12H2,(H2,20,22)/t15-,17-/m0/s1. The minimum atomic E-state index is -3.94. The fraction of sp³-hybridized carbons (Fsp3) is 0.222. The lowest BCUT2D eigenvalue weighted by Crippen LogP contribution is -2.43. The zero-order valence-electron chi connectivity index (χ0n) is 13.8. The molecule has 1 heterocycles. The molecule has 7 nitrogen and oxygen atoms in total. The van der Waals surface area contributed by atoms with Crippen LogP contribution in [0.5, 0.6) is 5.75 Å². The van der Waals surface area contributed by atoms with Gasteiger partial charge in [-0.05, 0) is 36.4 Å². The zero-order chi connectivity index (χ0) is 18.7. The van der Waals surface area contributed by atoms with Crippen LogP contribution >= 0.6 is 0 Å². The molecule has 2 aromatic carbocycles. The molecule has 26 heavy (non-hydrogen) atoms. The van der Waals surface area contributed by atoms with Gasteiger partial charge < -0.3 is 10.5 Å². The highest BCUT2D eigenvalue weighted by atomic mass is 32.2. The van der Waals surface area contributed by atoms with Crippen molar-refractivity contribution in [2.45, 2.75) is 23.5 Å². The van der Waals surface area contributed by atoms with Crippen molar-refractivity contribution >= 4 is 15.9 Å². The first-order valence-electron chi connectivity index (χ1n) is 7.95. The van der Waals surface area contributed by atoms with Gasteiger partial charge in [-0.25, -0.2) is 8.42 Å². The summed E-state index contributed by atoms with van der Waals surface area (Å²) in [5.74, 6) is -0.125. The van der Waals surface area contributed by atoms with E-state index < -0.39 is 28.1 Å². The molecule has 1 fully saturated rings. The number of carbonyl (C=O) groups is 1. The quantitative estimate of drug-likeness (QED) is 0.850. The number of nitrogens with two attached hydrogens (primary N) is 1. The van der Waals surface area contributed by atoms with E-state index in [9.17, 15) is 13.2 Å². The third-order valence-electron chi connectivity index (χ3n) is 4.18. The molecule has 1 aliphatic heterocycles. The van der Waals surface area contributed by atoms with E-state index in [0.29, 0.717) is 11.3 Å². The molecule has 0 unspecified atom stereocenters. The Hall–Kier alpha value is -2.89. The van der Waals surface area contributed by atoms with Crippen molar-refractivity contribution in [2.75, 3.05) is 6.54 Å². The summed E-state index contributed by atoms with van der Waals surface area (Å²) in [6, 6.07) is 15.5. The number of hydrogen-bond acceptors (Lipinski definition) is 5. The second kappa shape index (κ2) is 7.15. The second-order valence-corrected chi connectivity index (χ2v) is 7.81. The third kappa shape index (κ3) is 3.54. The number of primary amides is 1. The van der Waals surface area contributed by atoms with Crippen LogP contribution in [0, 0.1) is 11.3 Å². The Labute approximate surface area is 151 Å². The summed E-state index contributed by atoms with van der Waals surface area (Å²) in [4.78, 5) is 11.8. The van der Waals surface area contributed by atoms with Crippen molar-refractivity contribution < 1.29 is 17.9 Å². The molecule has 2 atom stereocenters. The minimum Gasteiger partial charge on any atom is -0.489 e. The van der Waals surface area contributed by atoms with E-state index in [2.05, 4.69) is 0 Å². The van der Waals surface area contributed by atoms with Gasteiger partial charge in [0.2, 0.25) is 15.9 Å². The van der Waals surface area contributed by atoms with E-state index >= 15 is 0 Å². The molecule has 8 heteroatoms. The van der Waals surface area contributed by atoms with E-state index in [1.807, 2.05) is 12.1 Å². The maximum absolute atomic E-state index is 12.9. The second-order valence-electron chi connectivity index (χ2n) is 5.92. The van der Waals surface area contributed by atoms with Gasteiger partial charge in [-0.2, -0.15) is 9.57 Å². The van der Waals surface area contributed by atoms with Crippen LogP contribution in [-0.2, 0) is 14.8 Å². The molecular weight excluding hydrogens is 354 g/mol. The van der Waals surface area contributed by atoms with Crippen LogP contribution in [0.3, 0.4) is 0 Å². The molecular formula is C18H17N3O4S. The highest BCUT2D eigenvalue weighted by Gasteiger charge is 2.44. The molecule has 0 aliphatic carbocycles. The van der Waals surface area contributed by atoms with Crippen molar-refractivity contribution in [3.63, 3.8) is 0 Å². The molecule has 1 aliphatic rings. The molecule has 0 radical (unpaired) electrons. The number of hydrogen-bond donors (Lipinski definition) is 1. The summed E-state index contributed by atoms with van der Waals surface area (Å²) in [5.41, 5.74) is 5.77. The van der Waals surface area contributed by atoms with Gasteiger partial charge in [0.15, 0.2) is 0 Å². The fourth-order valence-corrected chi connectivity index (χ4v) is 4.54. The van der Waals surface area contributed by atoms with Crippen LogP contribution in [0.2, 0.25) is 0 Å². The van der Waals surface area contributed by atoms with Crippen molar-refractivity contribution in [1.29, 1.82) is 5.26 Å². The average Bonchev–Trinajstić information content (AvgIpc) is 3.07. The van der Waals surface area contributed by atoms with Crippen LogP contribution in [0.1, 0.15) is 12.0 Å². The normalized spacial score (nSPS) is 20.4. The highest BCUT2D eigenvalue weighted by molar-refractivity contribution is 7.89. The summed E-state index contributed by atoms with van der Waals surface area (Å²) < 4.78 is 32.7. The first kappa shape index (κ1) is 17.9. The van der Waals surface area contributed by atoms with Crippen LogP contribution in [-0.4, -0.2) is 37.3 Å². The van der Waals surface area contributed by atoms with E-state index in [0.717, 1.165) is 4.31 Å². The summed E-state index contributed by atoms with van der Waals surface area (Å²) in [5, 5.41) is 8.84. The molecule has 0 saturated carbocycles. The Morgan fingerprint density at radius 3 is 2.38 bits per heavy atom. The number of benzene rings is 2. The zero-order valence-corrected chi connectivity index (χ0v) is 14.6. The number of ether oxygens (including phenoxy) is 1. The Morgan fingerprint density at radius 2 is 1.81 bits per heavy atom. The maximum atomic E-state index is 12.9. The van der Waals surface area contributed by atoms with Gasteiger partial charge in [0.25, 0.3) is 0 Å². The smallest absolute Gasteiger partial charge is 0.243 e. The average molecular weight is 371 g/mol. The van der Waals surface area contributed by atoms with Crippen LogP contribution < -0.4 is 10.5 Å². The summed E-state index contributed by atoms with van der Waals surface area (Å²) in [6.07, 6.45) is -0.303. The Bertz CT molecular complexity index is 937. The highest BCUT2D eigenvalue weighted by Crippen LogP contribution is 2.29. The molecule has 3 rings (SSSR count). The van der Waals surface area contributed by atoms with Gasteiger partial charge in [-0.15, -0.1) is 0 Å². The van der Waals surface area contributed by atoms with Crippen LogP contribution in [0.4, 0.5) is 0 Å². The number of sulfonamides is 1. The summed E-state index contributed by atoms with van der Waals surface area (Å²) in [7, 11) is -3.94. The number of nitrogens with zero attached hydrogens (tertiary/aromatic N) is 2. The van der Waals surface area contributed by atoms with Crippen molar-refractivity contribution in [2.24, 2.45) is 5.73 Å². The van der Waals surface area contributed by atoms with Gasteiger partial charge in [0.05, 0.1) is 23.1 Å². The molecule has 2 aromatic rings. The van der Waals surface area contributed by atoms with Gasteiger partial charge in [-0.3, -0.25) is 4.79 Å². The first-order chi connectivity index (χ1) is 12.4. The predicted molar refractivity (Wildman–Crippen MR) is 93.5 cm³/mol. The van der Waals surface area contributed by atoms with Gasteiger partial charge >= 0.3 is 0 Å². The Kier molecular flexibility index (Phi) is 4.93. The molecule has 0 aromatic heterocycles. The first-order valence-corrected chi connectivity index (χ1v) is 9.39. The molecule has 2 N–H and O–H groups in total. The number of rotatable bonds is 5. The van der Waals surface area contributed by atoms with Gasteiger partial charge in [0, 0.05) is 6.42 Å². The van der Waals surface area contributed by atoms with Gasteiger partial charge in [0.1, 0.15) is 17.9 Å². The van der Waals surface area contributed by atoms with Crippen LogP contribution in [0.25, 0.3) is 0 Å². The molecule has 1 saturated heterocycles. The number of nitriles is 1. The number of carbonyl (C=O) groups excluding carboxylic acids is 1. The minimum absolute atomic E-state index is 0.00288. The number of para-hydroxylation sites is 1. The van der Waals surface area contributed by atoms with E-state index in [4.69, 9.17) is 15.7 Å². The van der Waals surface area contributed by atoms with Crippen molar-refractivity contribution in [3.8, 4) is 11.8 Å². The lowest BCUT2D eigenvalue weighted by molar-refractivity contribution is -0.121. The van der Waals surface area contributed by atoms with Crippen molar-refractivity contribution in [3.05, 3.63) is 60.2 Å². The SMILES string of the molecule is N#Cc1ccc(S(=O)(=O)N2C[C@@H](Oc3ccccc3)C[C@H]2C(N)=O)cc1. The molecule has 134 valence electrons. The van der Waals surface area contributed by atoms with Crippen molar-refractivity contribution in [1.82, 2.24) is 4.31 Å². The predicted octanol–water partition coefficient (Wildman–Crippen LogP) is 1.25. The topological polar surface area (TPSA) is 113 Å². The molecule has 0 spiro atoms. The fourth-order valence-electron chi connectivity index (χ4n) is 2.91. The van der Waals surface area contributed by atoms with E-state index in [1.54, 1.807) is 24.3 Å². The van der Waals surface area contributed by atoms with E-state index in [1.165, 1.54) is 24.3 Å². The molecule has 0 bridgehead atoms.